The monoisotopic (exact) mass is 343 g/mol. The maximum Gasteiger partial charge on any atom is 0.256 e. The van der Waals surface area contributed by atoms with Crippen molar-refractivity contribution in [3.8, 4) is 0 Å². The number of carbonyl (C=O) groups is 1. The molecule has 2 heterocycles. The van der Waals surface area contributed by atoms with Gasteiger partial charge in [0.05, 0.1) is 24.5 Å². The van der Waals surface area contributed by atoms with E-state index < -0.39 is 5.79 Å². The van der Waals surface area contributed by atoms with Gasteiger partial charge in [0.2, 0.25) is 0 Å². The summed E-state index contributed by atoms with van der Waals surface area (Å²) in [4.78, 5) is 12.5. The van der Waals surface area contributed by atoms with E-state index in [-0.39, 0.29) is 17.7 Å². The van der Waals surface area contributed by atoms with Crippen molar-refractivity contribution in [1.29, 1.82) is 0 Å². The lowest BCUT2D eigenvalue weighted by atomic mass is 10.0. The van der Waals surface area contributed by atoms with Crippen molar-refractivity contribution in [2.24, 2.45) is 13.0 Å². The van der Waals surface area contributed by atoms with Crippen LogP contribution >= 0.6 is 11.6 Å². The van der Waals surface area contributed by atoms with E-state index in [1.807, 2.05) is 20.8 Å². The molecule has 1 aromatic heterocycles. The quantitative estimate of drug-likeness (QED) is 0.862. The molecule has 1 aliphatic rings. The summed E-state index contributed by atoms with van der Waals surface area (Å²) in [7, 11) is 1.74. The Morgan fingerprint density at radius 3 is 2.57 bits per heavy atom. The van der Waals surface area contributed by atoms with E-state index in [0.717, 1.165) is 12.1 Å². The Hall–Kier alpha value is -1.11. The van der Waals surface area contributed by atoms with Crippen LogP contribution in [0.1, 0.15) is 56.1 Å². The predicted molar refractivity (Wildman–Crippen MR) is 88.7 cm³/mol. The highest BCUT2D eigenvalue weighted by atomic mass is 35.5. The van der Waals surface area contributed by atoms with E-state index in [0.29, 0.717) is 30.5 Å². The van der Waals surface area contributed by atoms with Crippen LogP contribution in [0, 0.1) is 5.92 Å². The third-order valence-corrected chi connectivity index (χ3v) is 4.44. The average molecular weight is 344 g/mol. The molecule has 1 atom stereocenters. The van der Waals surface area contributed by atoms with Crippen molar-refractivity contribution >= 4 is 17.5 Å². The lowest BCUT2D eigenvalue weighted by molar-refractivity contribution is -0.153. The molecule has 0 spiro atoms. The highest BCUT2D eigenvalue weighted by molar-refractivity contribution is 6.33. The zero-order chi connectivity index (χ0) is 17.2. The van der Waals surface area contributed by atoms with Crippen molar-refractivity contribution in [3.63, 3.8) is 0 Å². The van der Waals surface area contributed by atoms with Crippen molar-refractivity contribution in [3.05, 3.63) is 16.4 Å². The van der Waals surface area contributed by atoms with Gasteiger partial charge in [-0.1, -0.05) is 32.4 Å². The molecule has 0 aromatic carbocycles. The van der Waals surface area contributed by atoms with Crippen LogP contribution in [0.4, 0.5) is 0 Å². The summed E-state index contributed by atoms with van der Waals surface area (Å²) >= 11 is 6.23. The molecule has 0 radical (unpaired) electrons. The number of hydrogen-bond acceptors (Lipinski definition) is 4. The second-order valence-electron chi connectivity index (χ2n) is 6.68. The van der Waals surface area contributed by atoms with E-state index >= 15 is 0 Å². The lowest BCUT2D eigenvalue weighted by Crippen LogP contribution is -2.34. The normalized spacial score (nSPS) is 18.4. The fourth-order valence-corrected chi connectivity index (χ4v) is 3.09. The van der Waals surface area contributed by atoms with Gasteiger partial charge in [-0.2, -0.15) is 5.10 Å². The largest absolute Gasteiger partial charge is 0.352 e. The number of hydrogen-bond donors (Lipinski definition) is 1. The van der Waals surface area contributed by atoms with Crippen LogP contribution in [0.25, 0.3) is 0 Å². The van der Waals surface area contributed by atoms with E-state index in [2.05, 4.69) is 17.3 Å². The molecule has 23 heavy (non-hydrogen) atoms. The first-order chi connectivity index (χ1) is 10.7. The minimum absolute atomic E-state index is 0.131. The van der Waals surface area contributed by atoms with Crippen LogP contribution in [0.15, 0.2) is 0 Å². The van der Waals surface area contributed by atoms with Crippen molar-refractivity contribution in [2.75, 3.05) is 19.8 Å². The first-order valence-corrected chi connectivity index (χ1v) is 8.40. The summed E-state index contributed by atoms with van der Waals surface area (Å²) in [6, 6.07) is 0. The second kappa shape index (κ2) is 7.20. The topological polar surface area (TPSA) is 65.4 Å². The van der Waals surface area contributed by atoms with Crippen molar-refractivity contribution < 1.29 is 14.3 Å². The third-order valence-electron chi connectivity index (χ3n) is 4.01. The number of carbonyl (C=O) groups excluding carboxylic acids is 1. The standard InChI is InChI=1S/C16H26ClN3O3/c1-10(2)13-12(14(17)20(5)19-13)15(21)18-9-11(3)8-16(4)22-6-7-23-16/h10-11H,6-9H2,1-5H3,(H,18,21). The Labute approximate surface area is 142 Å². The molecule has 0 bridgehead atoms. The first kappa shape index (κ1) is 18.2. The van der Waals surface area contributed by atoms with Crippen molar-refractivity contribution in [2.45, 2.75) is 45.8 Å². The van der Waals surface area contributed by atoms with Gasteiger partial charge in [0.25, 0.3) is 5.91 Å². The van der Waals surface area contributed by atoms with Crippen LogP contribution in [-0.2, 0) is 16.5 Å². The summed E-state index contributed by atoms with van der Waals surface area (Å²) in [5.41, 5.74) is 1.19. The van der Waals surface area contributed by atoms with Gasteiger partial charge in [-0.25, -0.2) is 0 Å². The molecule has 1 aromatic rings. The first-order valence-electron chi connectivity index (χ1n) is 8.02. The number of amides is 1. The average Bonchev–Trinajstić information content (AvgIpc) is 3.01. The Morgan fingerprint density at radius 1 is 1.39 bits per heavy atom. The maximum absolute atomic E-state index is 12.5. The van der Waals surface area contributed by atoms with Gasteiger partial charge < -0.3 is 14.8 Å². The van der Waals surface area contributed by atoms with Crippen LogP contribution in [0.2, 0.25) is 5.15 Å². The fraction of sp³-hybridized carbons (Fsp3) is 0.750. The SMILES string of the molecule is CC(CNC(=O)c1c(C(C)C)nn(C)c1Cl)CC1(C)OCCO1. The number of rotatable bonds is 6. The van der Waals surface area contributed by atoms with Crippen LogP contribution in [-0.4, -0.2) is 41.2 Å². The highest BCUT2D eigenvalue weighted by Gasteiger charge is 2.33. The smallest absolute Gasteiger partial charge is 0.256 e. The molecule has 1 N–H and O–H groups in total. The van der Waals surface area contributed by atoms with Gasteiger partial charge in [0.15, 0.2) is 5.79 Å². The molecule has 1 saturated heterocycles. The summed E-state index contributed by atoms with van der Waals surface area (Å²) in [6.07, 6.45) is 0.727. The van der Waals surface area contributed by atoms with Gasteiger partial charge >= 0.3 is 0 Å². The van der Waals surface area contributed by atoms with Crippen LogP contribution in [0.5, 0.6) is 0 Å². The van der Waals surface area contributed by atoms with Crippen molar-refractivity contribution in [1.82, 2.24) is 15.1 Å². The number of nitrogens with one attached hydrogen (secondary N) is 1. The zero-order valence-corrected chi connectivity index (χ0v) is 15.2. The van der Waals surface area contributed by atoms with Gasteiger partial charge in [-0.05, 0) is 18.8 Å². The molecule has 0 saturated carbocycles. The third kappa shape index (κ3) is 4.25. The molecular formula is C16H26ClN3O3. The number of nitrogens with zero attached hydrogens (tertiary/aromatic N) is 2. The van der Waals surface area contributed by atoms with E-state index in [4.69, 9.17) is 21.1 Å². The van der Waals surface area contributed by atoms with Gasteiger partial charge in [-0.3, -0.25) is 9.48 Å². The number of halogens is 1. The molecule has 1 aliphatic heterocycles. The molecular weight excluding hydrogens is 318 g/mol. The Kier molecular flexibility index (Phi) is 5.70. The van der Waals surface area contributed by atoms with E-state index in [9.17, 15) is 4.79 Å². The molecule has 0 aliphatic carbocycles. The predicted octanol–water partition coefficient (Wildman–Crippen LogP) is 2.72. The Morgan fingerprint density at radius 2 is 2.00 bits per heavy atom. The number of aryl methyl sites for hydroxylation is 1. The molecule has 1 unspecified atom stereocenters. The molecule has 6 nitrogen and oxygen atoms in total. The molecule has 130 valence electrons. The minimum atomic E-state index is -0.542. The maximum atomic E-state index is 12.5. The van der Waals surface area contributed by atoms with Gasteiger partial charge in [0.1, 0.15) is 5.15 Å². The second-order valence-corrected chi connectivity index (χ2v) is 7.04. The Bertz CT molecular complexity index is 565. The zero-order valence-electron chi connectivity index (χ0n) is 14.5. The fourth-order valence-electron chi connectivity index (χ4n) is 2.87. The number of ether oxygens (including phenoxy) is 2. The van der Waals surface area contributed by atoms with Crippen LogP contribution < -0.4 is 5.32 Å². The molecule has 1 fully saturated rings. The summed E-state index contributed by atoms with van der Waals surface area (Å²) in [6.45, 7) is 9.76. The van der Waals surface area contributed by atoms with E-state index in [1.165, 1.54) is 4.68 Å². The summed E-state index contributed by atoms with van der Waals surface area (Å²) in [5, 5.41) is 7.66. The molecule has 1 amide bonds. The minimum Gasteiger partial charge on any atom is -0.352 e. The molecule has 7 heteroatoms. The lowest BCUT2D eigenvalue weighted by Gasteiger charge is -2.26. The number of aromatic nitrogens is 2. The highest BCUT2D eigenvalue weighted by Crippen LogP contribution is 2.27. The van der Waals surface area contributed by atoms with Gasteiger partial charge in [-0.15, -0.1) is 0 Å². The summed E-state index contributed by atoms with van der Waals surface area (Å²) < 4.78 is 12.8. The van der Waals surface area contributed by atoms with Gasteiger partial charge in [0, 0.05) is 20.0 Å². The van der Waals surface area contributed by atoms with Crippen LogP contribution in [0.3, 0.4) is 0 Å². The van der Waals surface area contributed by atoms with E-state index in [1.54, 1.807) is 7.05 Å². The summed E-state index contributed by atoms with van der Waals surface area (Å²) in [5.74, 6) is -0.373. The Balaban J connectivity index is 1.97. The molecule has 2 rings (SSSR count).